The van der Waals surface area contributed by atoms with Crippen LogP contribution in [0.5, 0.6) is 0 Å². The van der Waals surface area contributed by atoms with Crippen molar-refractivity contribution in [3.05, 3.63) is 61.4 Å². The second kappa shape index (κ2) is 6.55. The second-order valence-corrected chi connectivity index (χ2v) is 20.7. The molecule has 0 spiro atoms. The SMILES string of the molecule is CC(C)([C]1[CH][CH][C]([Si](C)(C)C)[CH]1)C(C)(C)[C]1[CH][CH][C]([Si](C)(C)C)[CH]1. The zero-order valence-corrected chi connectivity index (χ0v) is 19.5. The largest absolute Gasteiger partial charge is 0.0691 e. The van der Waals surface area contributed by atoms with Crippen LogP contribution in [0.25, 0.3) is 0 Å². The summed E-state index contributed by atoms with van der Waals surface area (Å²) in [6, 6.07) is 0. The number of hydrogen-bond donors (Lipinski definition) is 0. The highest BCUT2D eigenvalue weighted by Crippen LogP contribution is 2.60. The van der Waals surface area contributed by atoms with E-state index >= 15 is 0 Å². The summed E-state index contributed by atoms with van der Waals surface area (Å²) in [6.45, 7) is 24.3. The van der Waals surface area contributed by atoms with Gasteiger partial charge in [-0.25, -0.2) is 0 Å². The van der Waals surface area contributed by atoms with E-state index in [1.165, 1.54) is 11.8 Å². The minimum absolute atomic E-state index is 0.107. The summed E-state index contributed by atoms with van der Waals surface area (Å²) in [5.74, 6) is 2.97. The Morgan fingerprint density at radius 3 is 1.04 bits per heavy atom. The van der Waals surface area contributed by atoms with Crippen LogP contribution in [0.1, 0.15) is 27.7 Å². The van der Waals surface area contributed by atoms with E-state index in [1.54, 1.807) is 11.1 Å². The molecule has 0 atom stereocenters. The van der Waals surface area contributed by atoms with E-state index in [-0.39, 0.29) is 10.8 Å². The van der Waals surface area contributed by atoms with E-state index in [9.17, 15) is 0 Å². The van der Waals surface area contributed by atoms with Crippen LogP contribution in [-0.4, -0.2) is 16.1 Å². The molecule has 0 N–H and O–H groups in total. The van der Waals surface area contributed by atoms with Crippen molar-refractivity contribution in [2.45, 2.75) is 67.0 Å². The van der Waals surface area contributed by atoms with Crippen molar-refractivity contribution in [1.29, 1.82) is 0 Å². The predicted molar refractivity (Wildman–Crippen MR) is 113 cm³/mol. The highest BCUT2D eigenvalue weighted by molar-refractivity contribution is 6.83. The Balaban J connectivity index is 2.11. The van der Waals surface area contributed by atoms with Crippen LogP contribution in [0, 0.1) is 72.3 Å². The van der Waals surface area contributed by atoms with Gasteiger partial charge in [0.1, 0.15) is 0 Å². The van der Waals surface area contributed by atoms with Crippen LogP contribution < -0.4 is 0 Å². The molecular formula is C22H36Si2. The molecule has 0 amide bonds. The molecule has 0 saturated heterocycles. The zero-order valence-electron chi connectivity index (χ0n) is 17.5. The fourth-order valence-electron chi connectivity index (χ4n) is 3.32. The quantitative estimate of drug-likeness (QED) is 0.504. The average molecular weight is 357 g/mol. The summed E-state index contributed by atoms with van der Waals surface area (Å²) >= 11 is 0. The van der Waals surface area contributed by atoms with E-state index in [1.807, 2.05) is 0 Å². The summed E-state index contributed by atoms with van der Waals surface area (Å²) in [7, 11) is -2.49. The molecule has 132 valence electrons. The van der Waals surface area contributed by atoms with E-state index in [4.69, 9.17) is 0 Å². The summed E-state index contributed by atoms with van der Waals surface area (Å²) in [4.78, 5) is 0. The third-order valence-electron chi connectivity index (χ3n) is 6.24. The standard InChI is InChI=1S/C22H36Si2/c1-21(2,17-11-13-19(15-17)23(5,6)7)22(3,4)18-12-14-20(16-18)24(8,9)10/h11-16H,1-10H3. The van der Waals surface area contributed by atoms with Crippen LogP contribution >= 0.6 is 0 Å². The van der Waals surface area contributed by atoms with Crippen molar-refractivity contribution in [3.63, 3.8) is 0 Å². The van der Waals surface area contributed by atoms with E-state index < -0.39 is 16.1 Å². The Hall–Kier alpha value is 0.434. The minimum Gasteiger partial charge on any atom is -0.0691 e. The molecule has 0 aliphatic heterocycles. The zero-order chi connectivity index (χ0) is 18.6. The van der Waals surface area contributed by atoms with E-state index in [2.05, 4.69) is 106 Å². The molecule has 2 aliphatic carbocycles. The fraction of sp³-hybridized carbons (Fsp3) is 0.545. The lowest BCUT2D eigenvalue weighted by Crippen LogP contribution is -2.42. The van der Waals surface area contributed by atoms with Crippen LogP contribution in [0.2, 0.25) is 39.3 Å². The maximum Gasteiger partial charge on any atom is 0.0517 e. The monoisotopic (exact) mass is 356 g/mol. The number of hydrogen-bond acceptors (Lipinski definition) is 0. The van der Waals surface area contributed by atoms with E-state index in [0.717, 1.165) is 0 Å². The van der Waals surface area contributed by atoms with Gasteiger partial charge in [0.25, 0.3) is 0 Å². The molecule has 0 unspecified atom stereocenters. The van der Waals surface area contributed by atoms with Crippen LogP contribution in [0.4, 0.5) is 0 Å². The Morgan fingerprint density at radius 2 is 0.833 bits per heavy atom. The predicted octanol–water partition coefficient (Wildman–Crippen LogP) is 6.34. The molecule has 24 heavy (non-hydrogen) atoms. The van der Waals surface area contributed by atoms with Gasteiger partial charge in [0, 0.05) is 0 Å². The van der Waals surface area contributed by atoms with Gasteiger partial charge in [-0.2, -0.15) is 0 Å². The molecule has 2 rings (SSSR count). The van der Waals surface area contributed by atoms with Gasteiger partial charge in [-0.15, -0.1) is 0 Å². The smallest absolute Gasteiger partial charge is 0.0517 e. The van der Waals surface area contributed by atoms with Crippen molar-refractivity contribution >= 4 is 16.1 Å². The van der Waals surface area contributed by atoms with Gasteiger partial charge >= 0.3 is 0 Å². The minimum atomic E-state index is -1.24. The number of rotatable bonds is 5. The van der Waals surface area contributed by atoms with Gasteiger partial charge in [-0.3, -0.25) is 0 Å². The molecule has 0 aromatic rings. The van der Waals surface area contributed by atoms with Gasteiger partial charge in [-0.1, -0.05) is 67.0 Å². The molecule has 2 saturated carbocycles. The summed E-state index contributed by atoms with van der Waals surface area (Å²) < 4.78 is 0. The highest BCUT2D eigenvalue weighted by Gasteiger charge is 2.53. The Bertz CT molecular complexity index is 394. The summed E-state index contributed by atoms with van der Waals surface area (Å²) in [6.07, 6.45) is 14.5. The molecule has 0 heterocycles. The van der Waals surface area contributed by atoms with Gasteiger partial charge < -0.3 is 0 Å². The third kappa shape index (κ3) is 3.90. The fourth-order valence-corrected chi connectivity index (χ4v) is 5.66. The first kappa shape index (κ1) is 20.7. The van der Waals surface area contributed by atoms with Gasteiger partial charge in [0.05, 0.1) is 16.1 Å². The third-order valence-corrected chi connectivity index (χ3v) is 10.3. The van der Waals surface area contributed by atoms with Gasteiger partial charge in [0.2, 0.25) is 0 Å². The van der Waals surface area contributed by atoms with Crippen LogP contribution in [0.15, 0.2) is 0 Å². The Kier molecular flexibility index (Phi) is 5.66. The van der Waals surface area contributed by atoms with Crippen molar-refractivity contribution in [2.24, 2.45) is 10.8 Å². The van der Waals surface area contributed by atoms with Gasteiger partial charge in [0.15, 0.2) is 0 Å². The molecule has 2 fully saturated rings. The van der Waals surface area contributed by atoms with E-state index in [0.29, 0.717) is 0 Å². The molecule has 0 nitrogen and oxygen atoms in total. The first-order valence-corrected chi connectivity index (χ1v) is 16.2. The van der Waals surface area contributed by atoms with Crippen molar-refractivity contribution in [1.82, 2.24) is 0 Å². The molecule has 2 heteroatoms. The second-order valence-electron chi connectivity index (χ2n) is 10.5. The molecule has 0 aromatic carbocycles. The van der Waals surface area contributed by atoms with Crippen molar-refractivity contribution < 1.29 is 0 Å². The molecule has 2 aliphatic rings. The first-order chi connectivity index (χ1) is 10.7. The summed E-state index contributed by atoms with van der Waals surface area (Å²) in [5.41, 5.74) is 3.37. The average Bonchev–Trinajstić information content (AvgIpc) is 3.07. The molecule has 10 radical (unpaired) electrons. The lowest BCUT2D eigenvalue weighted by molar-refractivity contribution is 0.161. The van der Waals surface area contributed by atoms with Crippen molar-refractivity contribution in [2.75, 3.05) is 0 Å². The Labute approximate surface area is 155 Å². The molecule has 0 bridgehead atoms. The normalized spacial score (nSPS) is 24.2. The van der Waals surface area contributed by atoms with Crippen molar-refractivity contribution in [3.8, 4) is 0 Å². The maximum atomic E-state index is 2.48. The lowest BCUT2D eigenvalue weighted by atomic mass is 9.55. The molecular weight excluding hydrogens is 320 g/mol. The van der Waals surface area contributed by atoms with Crippen LogP contribution in [-0.2, 0) is 0 Å². The summed E-state index contributed by atoms with van der Waals surface area (Å²) in [5, 5.41) is 0. The lowest BCUT2D eigenvalue weighted by Gasteiger charge is -2.49. The highest BCUT2D eigenvalue weighted by atomic mass is 28.3. The Morgan fingerprint density at radius 1 is 0.542 bits per heavy atom. The van der Waals surface area contributed by atoms with Gasteiger partial charge in [-0.05, 0) is 72.3 Å². The van der Waals surface area contributed by atoms with Crippen LogP contribution in [0.3, 0.4) is 0 Å². The maximum absolute atomic E-state index is 2.48. The topological polar surface area (TPSA) is 0 Å². The molecule has 0 aromatic heterocycles. The first-order valence-electron chi connectivity index (χ1n) is 9.23.